The van der Waals surface area contributed by atoms with Crippen LogP contribution in [-0.4, -0.2) is 27.0 Å². The van der Waals surface area contributed by atoms with Gasteiger partial charge in [0.15, 0.2) is 11.5 Å². The van der Waals surface area contributed by atoms with Crippen molar-refractivity contribution in [2.75, 3.05) is 12.1 Å². The summed E-state index contributed by atoms with van der Waals surface area (Å²) in [6, 6.07) is 5.79. The van der Waals surface area contributed by atoms with Crippen LogP contribution in [0.25, 0.3) is 0 Å². The highest BCUT2D eigenvalue weighted by molar-refractivity contribution is 5.49. The number of ether oxygens (including phenoxy) is 2. The Hall–Kier alpha value is -2.31. The number of tetrazole rings is 1. The first-order valence-electron chi connectivity index (χ1n) is 5.18. The lowest BCUT2D eigenvalue weighted by Crippen LogP contribution is -2.06. The summed E-state index contributed by atoms with van der Waals surface area (Å²) in [5, 5.41) is 14.3. The molecule has 0 bridgehead atoms. The molecule has 2 heterocycles. The molecule has 7 heteroatoms. The first-order chi connectivity index (χ1) is 8.34. The van der Waals surface area contributed by atoms with Gasteiger partial charge in [-0.25, -0.2) is 4.68 Å². The van der Waals surface area contributed by atoms with E-state index in [0.717, 1.165) is 17.1 Å². The highest BCUT2D eigenvalue weighted by Gasteiger charge is 2.17. The van der Waals surface area contributed by atoms with Gasteiger partial charge in [0.25, 0.3) is 0 Å². The second kappa shape index (κ2) is 3.93. The van der Waals surface area contributed by atoms with E-state index < -0.39 is 0 Å². The zero-order valence-electron chi connectivity index (χ0n) is 9.25. The summed E-state index contributed by atoms with van der Waals surface area (Å²) in [7, 11) is 1.78. The van der Waals surface area contributed by atoms with Crippen molar-refractivity contribution in [3.05, 3.63) is 23.8 Å². The van der Waals surface area contributed by atoms with E-state index in [0.29, 0.717) is 12.5 Å². The summed E-state index contributed by atoms with van der Waals surface area (Å²) < 4.78 is 12.3. The van der Waals surface area contributed by atoms with Crippen LogP contribution in [0.2, 0.25) is 0 Å². The number of para-hydroxylation sites is 1. The molecule has 0 fully saturated rings. The average molecular weight is 233 g/mol. The molecule has 1 N–H and O–H groups in total. The maximum Gasteiger partial charge on any atom is 0.242 e. The highest BCUT2D eigenvalue weighted by atomic mass is 16.7. The Balaban J connectivity index is 1.78. The Morgan fingerprint density at radius 1 is 1.41 bits per heavy atom. The molecule has 0 spiro atoms. The second-order valence-electron chi connectivity index (χ2n) is 3.63. The molecule has 7 nitrogen and oxygen atoms in total. The molecule has 88 valence electrons. The number of hydrogen-bond donors (Lipinski definition) is 1. The number of anilines is 1. The molecular formula is C10H11N5O2. The van der Waals surface area contributed by atoms with Crippen LogP contribution in [-0.2, 0) is 13.6 Å². The van der Waals surface area contributed by atoms with Crippen molar-refractivity contribution in [2.45, 2.75) is 6.54 Å². The van der Waals surface area contributed by atoms with E-state index in [1.54, 1.807) is 11.7 Å². The molecule has 0 saturated carbocycles. The Morgan fingerprint density at radius 3 is 3.18 bits per heavy atom. The van der Waals surface area contributed by atoms with Crippen molar-refractivity contribution in [1.29, 1.82) is 0 Å². The van der Waals surface area contributed by atoms with Gasteiger partial charge >= 0.3 is 0 Å². The van der Waals surface area contributed by atoms with Crippen LogP contribution in [0, 0.1) is 0 Å². The van der Waals surface area contributed by atoms with Gasteiger partial charge in [-0.15, -0.1) is 0 Å². The third-order valence-electron chi connectivity index (χ3n) is 2.54. The van der Waals surface area contributed by atoms with Crippen LogP contribution in [0.5, 0.6) is 11.5 Å². The molecule has 0 atom stereocenters. The maximum absolute atomic E-state index is 5.41. The van der Waals surface area contributed by atoms with Gasteiger partial charge in [-0.3, -0.25) is 0 Å². The summed E-state index contributed by atoms with van der Waals surface area (Å²) in [6.45, 7) is 0.860. The van der Waals surface area contributed by atoms with Crippen LogP contribution in [0.1, 0.15) is 5.56 Å². The van der Waals surface area contributed by atoms with E-state index in [4.69, 9.17) is 9.47 Å². The van der Waals surface area contributed by atoms with Gasteiger partial charge in [0.05, 0.1) is 0 Å². The lowest BCUT2D eigenvalue weighted by molar-refractivity contribution is 0.173. The molecule has 1 aliphatic rings. The van der Waals surface area contributed by atoms with Crippen LogP contribution >= 0.6 is 0 Å². The molecule has 0 amide bonds. The van der Waals surface area contributed by atoms with Gasteiger partial charge in [-0.1, -0.05) is 17.2 Å². The van der Waals surface area contributed by atoms with Gasteiger partial charge in [0.1, 0.15) is 0 Å². The predicted octanol–water partition coefficient (Wildman–Crippen LogP) is 0.551. The van der Waals surface area contributed by atoms with E-state index in [2.05, 4.69) is 20.8 Å². The quantitative estimate of drug-likeness (QED) is 0.834. The summed E-state index contributed by atoms with van der Waals surface area (Å²) in [6.07, 6.45) is 0. The van der Waals surface area contributed by atoms with E-state index in [1.807, 2.05) is 18.2 Å². The lowest BCUT2D eigenvalue weighted by atomic mass is 10.2. The number of fused-ring (bicyclic) bond motifs is 1. The fraction of sp³-hybridized carbons (Fsp3) is 0.300. The lowest BCUT2D eigenvalue weighted by Gasteiger charge is -2.06. The fourth-order valence-corrected chi connectivity index (χ4v) is 1.68. The SMILES string of the molecule is Cn1nnnc1NCc1cccc2c1OCO2. The van der Waals surface area contributed by atoms with Crippen LogP contribution < -0.4 is 14.8 Å². The largest absolute Gasteiger partial charge is 0.454 e. The van der Waals surface area contributed by atoms with Gasteiger partial charge in [0, 0.05) is 19.2 Å². The van der Waals surface area contributed by atoms with E-state index in [9.17, 15) is 0 Å². The normalized spacial score (nSPS) is 12.8. The Bertz CT molecular complexity index is 539. The number of aromatic nitrogens is 4. The molecule has 1 aromatic carbocycles. The first-order valence-corrected chi connectivity index (χ1v) is 5.18. The van der Waals surface area contributed by atoms with Crippen LogP contribution in [0.3, 0.4) is 0 Å². The molecule has 1 aliphatic heterocycles. The number of hydrogen-bond acceptors (Lipinski definition) is 6. The van der Waals surface area contributed by atoms with Crippen molar-refractivity contribution < 1.29 is 9.47 Å². The third-order valence-corrected chi connectivity index (χ3v) is 2.54. The molecule has 17 heavy (non-hydrogen) atoms. The van der Waals surface area contributed by atoms with Gasteiger partial charge in [0.2, 0.25) is 12.7 Å². The minimum atomic E-state index is 0.276. The summed E-state index contributed by atoms with van der Waals surface area (Å²) in [5.41, 5.74) is 1.02. The number of aryl methyl sites for hydroxylation is 1. The first kappa shape index (κ1) is 9.88. The zero-order valence-corrected chi connectivity index (χ0v) is 9.25. The van der Waals surface area contributed by atoms with Crippen molar-refractivity contribution in [2.24, 2.45) is 7.05 Å². The number of benzene rings is 1. The average Bonchev–Trinajstić information content (AvgIpc) is 2.95. The highest BCUT2D eigenvalue weighted by Crippen LogP contribution is 2.35. The Labute approximate surface area is 97.3 Å². The van der Waals surface area contributed by atoms with Crippen molar-refractivity contribution in [3.63, 3.8) is 0 Å². The molecular weight excluding hydrogens is 222 g/mol. The van der Waals surface area contributed by atoms with Crippen molar-refractivity contribution in [3.8, 4) is 11.5 Å². The van der Waals surface area contributed by atoms with Gasteiger partial charge < -0.3 is 14.8 Å². The molecule has 0 saturated heterocycles. The Kier molecular flexibility index (Phi) is 2.28. The minimum Gasteiger partial charge on any atom is -0.454 e. The number of nitrogens with one attached hydrogen (secondary N) is 1. The summed E-state index contributed by atoms with van der Waals surface area (Å²) in [5.74, 6) is 2.18. The van der Waals surface area contributed by atoms with E-state index >= 15 is 0 Å². The van der Waals surface area contributed by atoms with E-state index in [1.165, 1.54) is 0 Å². The third kappa shape index (κ3) is 1.75. The van der Waals surface area contributed by atoms with Crippen LogP contribution in [0.4, 0.5) is 5.95 Å². The summed E-state index contributed by atoms with van der Waals surface area (Å²) in [4.78, 5) is 0. The molecule has 2 aromatic rings. The summed E-state index contributed by atoms with van der Waals surface area (Å²) >= 11 is 0. The zero-order chi connectivity index (χ0) is 11.7. The van der Waals surface area contributed by atoms with Gasteiger partial charge in [-0.05, 0) is 16.5 Å². The molecule has 0 aliphatic carbocycles. The predicted molar refractivity (Wildman–Crippen MR) is 58.7 cm³/mol. The second-order valence-corrected chi connectivity index (χ2v) is 3.63. The topological polar surface area (TPSA) is 74.1 Å². The fourth-order valence-electron chi connectivity index (χ4n) is 1.68. The van der Waals surface area contributed by atoms with Gasteiger partial charge in [-0.2, -0.15) is 0 Å². The monoisotopic (exact) mass is 233 g/mol. The maximum atomic E-state index is 5.41. The molecule has 3 rings (SSSR count). The number of rotatable bonds is 3. The van der Waals surface area contributed by atoms with E-state index in [-0.39, 0.29) is 6.79 Å². The minimum absolute atomic E-state index is 0.276. The molecule has 0 radical (unpaired) electrons. The Morgan fingerprint density at radius 2 is 2.35 bits per heavy atom. The standard InChI is InChI=1S/C10H11N5O2/c1-15-10(12-13-14-15)11-5-7-3-2-4-8-9(7)17-6-16-8/h2-4H,5-6H2,1H3,(H,11,12,14). The van der Waals surface area contributed by atoms with Crippen LogP contribution in [0.15, 0.2) is 18.2 Å². The number of nitrogens with zero attached hydrogens (tertiary/aromatic N) is 4. The molecule has 0 unspecified atom stereocenters. The molecule has 1 aromatic heterocycles. The smallest absolute Gasteiger partial charge is 0.242 e. The van der Waals surface area contributed by atoms with Crippen molar-refractivity contribution >= 4 is 5.95 Å². The van der Waals surface area contributed by atoms with Crippen molar-refractivity contribution in [1.82, 2.24) is 20.2 Å².